The number of aromatic nitrogens is 4. The molecule has 0 saturated heterocycles. The van der Waals surface area contributed by atoms with Gasteiger partial charge in [-0.1, -0.05) is 18.2 Å². The Balaban J connectivity index is 1.69. The van der Waals surface area contributed by atoms with Crippen LogP contribution in [0.5, 0.6) is 0 Å². The predicted molar refractivity (Wildman–Crippen MR) is 88.3 cm³/mol. The van der Waals surface area contributed by atoms with E-state index in [0.29, 0.717) is 16.1 Å². The summed E-state index contributed by atoms with van der Waals surface area (Å²) >= 11 is 1.35. The third kappa shape index (κ3) is 2.88. The summed E-state index contributed by atoms with van der Waals surface area (Å²) in [6.07, 6.45) is 3.52. The van der Waals surface area contributed by atoms with E-state index in [1.165, 1.54) is 24.0 Å². The summed E-state index contributed by atoms with van der Waals surface area (Å²) in [5, 5.41) is 20.7. The lowest BCUT2D eigenvalue weighted by molar-refractivity contribution is -0.385. The first kappa shape index (κ1) is 14.8. The van der Waals surface area contributed by atoms with Crippen LogP contribution in [0.1, 0.15) is 24.6 Å². The molecule has 0 amide bonds. The smallest absolute Gasteiger partial charge is 0.273 e. The van der Waals surface area contributed by atoms with Crippen LogP contribution in [0, 0.1) is 10.1 Å². The summed E-state index contributed by atoms with van der Waals surface area (Å²) < 4.78 is 2.05. The van der Waals surface area contributed by atoms with Crippen molar-refractivity contribution in [3.63, 3.8) is 0 Å². The Kier molecular flexibility index (Phi) is 3.73. The number of para-hydroxylation sites is 1. The number of benzene rings is 1. The number of hydrogen-bond acceptors (Lipinski definition) is 6. The summed E-state index contributed by atoms with van der Waals surface area (Å²) in [5.41, 5.74) is 0.983. The molecular weight excluding hydrogens is 326 g/mol. The largest absolute Gasteiger partial charge is 0.287 e. The molecule has 4 rings (SSSR count). The number of pyridine rings is 1. The first-order valence-corrected chi connectivity index (χ1v) is 8.33. The average Bonchev–Trinajstić information content (AvgIpc) is 3.37. The molecule has 24 heavy (non-hydrogen) atoms. The maximum atomic E-state index is 10.7. The molecule has 1 saturated carbocycles. The molecule has 0 atom stereocenters. The zero-order valence-corrected chi connectivity index (χ0v) is 13.4. The van der Waals surface area contributed by atoms with E-state index in [2.05, 4.69) is 15.2 Å². The van der Waals surface area contributed by atoms with Gasteiger partial charge < -0.3 is 0 Å². The lowest BCUT2D eigenvalue weighted by atomic mass is 10.3. The number of hydrogen-bond donors (Lipinski definition) is 0. The molecule has 2 aromatic heterocycles. The Bertz CT molecular complexity index is 875. The topological polar surface area (TPSA) is 86.7 Å². The summed E-state index contributed by atoms with van der Waals surface area (Å²) in [6.45, 7) is 0. The van der Waals surface area contributed by atoms with E-state index >= 15 is 0 Å². The van der Waals surface area contributed by atoms with Crippen molar-refractivity contribution < 1.29 is 4.92 Å². The van der Waals surface area contributed by atoms with Crippen molar-refractivity contribution in [1.82, 2.24) is 19.7 Å². The summed E-state index contributed by atoms with van der Waals surface area (Å²) in [4.78, 5) is 14.4. The van der Waals surface area contributed by atoms with Gasteiger partial charge in [-0.3, -0.25) is 14.7 Å². The highest BCUT2D eigenvalue weighted by molar-refractivity contribution is 7.99. The highest BCUT2D eigenvalue weighted by Gasteiger charge is 2.31. The van der Waals surface area contributed by atoms with Gasteiger partial charge in [0.1, 0.15) is 17.0 Å². The van der Waals surface area contributed by atoms with Crippen molar-refractivity contribution >= 4 is 17.4 Å². The van der Waals surface area contributed by atoms with Gasteiger partial charge in [-0.15, -0.1) is 10.2 Å². The number of nitrogens with zero attached hydrogens (tertiary/aromatic N) is 5. The lowest BCUT2D eigenvalue weighted by Gasteiger charge is -2.09. The SMILES string of the molecule is O=[N+]([O-])c1ccc(Sc2nnc(C3CC3)n2-c2ccccc2)nc1. The van der Waals surface area contributed by atoms with Crippen molar-refractivity contribution in [2.24, 2.45) is 0 Å². The van der Waals surface area contributed by atoms with Crippen LogP contribution < -0.4 is 0 Å². The van der Waals surface area contributed by atoms with E-state index in [4.69, 9.17) is 0 Å². The fraction of sp³-hybridized carbons (Fsp3) is 0.188. The Morgan fingerprint density at radius 3 is 2.54 bits per heavy atom. The Labute approximate surface area is 141 Å². The predicted octanol–water partition coefficient (Wildman–Crippen LogP) is 3.60. The molecule has 2 heterocycles. The van der Waals surface area contributed by atoms with Crippen molar-refractivity contribution in [1.29, 1.82) is 0 Å². The zero-order chi connectivity index (χ0) is 16.5. The fourth-order valence-corrected chi connectivity index (χ4v) is 3.21. The van der Waals surface area contributed by atoms with Gasteiger partial charge in [-0.2, -0.15) is 0 Å². The van der Waals surface area contributed by atoms with Gasteiger partial charge in [0.15, 0.2) is 0 Å². The highest BCUT2D eigenvalue weighted by atomic mass is 32.2. The molecule has 8 heteroatoms. The molecule has 0 spiro atoms. The maximum absolute atomic E-state index is 10.7. The molecule has 0 radical (unpaired) electrons. The van der Waals surface area contributed by atoms with Crippen molar-refractivity contribution in [2.45, 2.75) is 28.9 Å². The minimum Gasteiger partial charge on any atom is -0.273 e. The molecule has 1 fully saturated rings. The van der Waals surface area contributed by atoms with Gasteiger partial charge in [-0.05, 0) is 42.8 Å². The molecule has 0 N–H and O–H groups in total. The quantitative estimate of drug-likeness (QED) is 0.521. The molecular formula is C16H13N5O2S. The van der Waals surface area contributed by atoms with Gasteiger partial charge in [0.05, 0.1) is 4.92 Å². The standard InChI is InChI=1S/C16H13N5O2S/c22-21(23)13-8-9-14(17-10-13)24-16-19-18-15(11-6-7-11)20(16)12-4-2-1-3-5-12/h1-5,8-11H,6-7H2. The molecule has 1 aliphatic rings. The summed E-state index contributed by atoms with van der Waals surface area (Å²) in [7, 11) is 0. The Hall–Kier alpha value is -2.74. The van der Waals surface area contributed by atoms with Gasteiger partial charge in [0.25, 0.3) is 5.69 Å². The van der Waals surface area contributed by atoms with E-state index in [1.54, 1.807) is 6.07 Å². The van der Waals surface area contributed by atoms with Crippen LogP contribution in [0.2, 0.25) is 0 Å². The van der Waals surface area contributed by atoms with Crippen LogP contribution in [0.3, 0.4) is 0 Å². The molecule has 0 bridgehead atoms. The Morgan fingerprint density at radius 2 is 1.92 bits per heavy atom. The molecule has 0 unspecified atom stereocenters. The normalized spacial score (nSPS) is 13.8. The van der Waals surface area contributed by atoms with Gasteiger partial charge in [0, 0.05) is 17.7 Å². The van der Waals surface area contributed by atoms with Crippen molar-refractivity contribution in [2.75, 3.05) is 0 Å². The van der Waals surface area contributed by atoms with Crippen molar-refractivity contribution in [3.05, 3.63) is 64.6 Å². The monoisotopic (exact) mass is 339 g/mol. The molecule has 1 aliphatic carbocycles. The van der Waals surface area contributed by atoms with Crippen LogP contribution in [0.25, 0.3) is 5.69 Å². The molecule has 120 valence electrons. The summed E-state index contributed by atoms with van der Waals surface area (Å²) in [5.74, 6) is 1.42. The van der Waals surface area contributed by atoms with Crippen LogP contribution in [0.15, 0.2) is 58.8 Å². The Morgan fingerprint density at radius 1 is 1.12 bits per heavy atom. The van der Waals surface area contributed by atoms with E-state index in [-0.39, 0.29) is 5.69 Å². The van der Waals surface area contributed by atoms with Gasteiger partial charge in [-0.25, -0.2) is 4.98 Å². The zero-order valence-electron chi connectivity index (χ0n) is 12.6. The minimum atomic E-state index is -0.459. The lowest BCUT2D eigenvalue weighted by Crippen LogP contribution is -2.01. The first-order chi connectivity index (χ1) is 11.7. The van der Waals surface area contributed by atoms with Crippen LogP contribution in [0.4, 0.5) is 5.69 Å². The van der Waals surface area contributed by atoms with Crippen LogP contribution in [-0.2, 0) is 0 Å². The number of nitro groups is 1. The molecule has 3 aromatic rings. The molecule has 7 nitrogen and oxygen atoms in total. The van der Waals surface area contributed by atoms with Crippen molar-refractivity contribution in [3.8, 4) is 5.69 Å². The average molecular weight is 339 g/mol. The van der Waals surface area contributed by atoms with Gasteiger partial charge in [0.2, 0.25) is 5.16 Å². The second kappa shape index (κ2) is 6.04. The van der Waals surface area contributed by atoms with E-state index in [9.17, 15) is 10.1 Å². The fourth-order valence-electron chi connectivity index (χ4n) is 2.41. The second-order valence-electron chi connectivity index (χ2n) is 5.50. The van der Waals surface area contributed by atoms with E-state index in [0.717, 1.165) is 24.4 Å². The second-order valence-corrected chi connectivity index (χ2v) is 6.49. The molecule has 1 aromatic carbocycles. The van der Waals surface area contributed by atoms with Crippen LogP contribution in [-0.4, -0.2) is 24.7 Å². The van der Waals surface area contributed by atoms with E-state index in [1.807, 2.05) is 34.9 Å². The maximum Gasteiger partial charge on any atom is 0.287 e. The minimum absolute atomic E-state index is 0.0254. The number of rotatable bonds is 5. The van der Waals surface area contributed by atoms with Gasteiger partial charge >= 0.3 is 0 Å². The third-order valence-electron chi connectivity index (χ3n) is 3.74. The molecule has 0 aliphatic heterocycles. The summed E-state index contributed by atoms with van der Waals surface area (Å²) in [6, 6.07) is 13.0. The first-order valence-electron chi connectivity index (χ1n) is 7.51. The van der Waals surface area contributed by atoms with Crippen LogP contribution >= 0.6 is 11.8 Å². The third-order valence-corrected chi connectivity index (χ3v) is 4.64. The highest BCUT2D eigenvalue weighted by Crippen LogP contribution is 2.41. The van der Waals surface area contributed by atoms with E-state index < -0.39 is 4.92 Å².